The maximum absolute atomic E-state index is 12.2. The molecule has 0 saturated carbocycles. The van der Waals surface area contributed by atoms with E-state index in [1.807, 2.05) is 19.1 Å². The van der Waals surface area contributed by atoms with Gasteiger partial charge in [-0.2, -0.15) is 0 Å². The molecule has 1 aromatic rings. The molecule has 3 rings (SSSR count). The molecule has 0 aromatic heterocycles. The van der Waals surface area contributed by atoms with Crippen LogP contribution in [-0.2, 0) is 25.7 Å². The average Bonchev–Trinajstić information content (AvgIpc) is 2.76. The molecule has 0 unspecified atom stereocenters. The fraction of sp³-hybridized carbons (Fsp3) is 0.571. The predicted octanol–water partition coefficient (Wildman–Crippen LogP) is 1.39. The summed E-state index contributed by atoms with van der Waals surface area (Å²) >= 11 is 12.1. The summed E-state index contributed by atoms with van der Waals surface area (Å²) in [4.78, 5) is 41.5. The molecule has 10 heteroatoms. The number of likely N-dealkylation sites (N-methyl/N-ethyl adjacent to an activating group) is 1. The quantitative estimate of drug-likeness (QED) is 0.580. The highest BCUT2D eigenvalue weighted by Crippen LogP contribution is 2.23. The molecule has 2 saturated heterocycles. The Morgan fingerprint density at radius 3 is 2.61 bits per heavy atom. The van der Waals surface area contributed by atoms with Crippen LogP contribution in [0.4, 0.5) is 0 Å². The summed E-state index contributed by atoms with van der Waals surface area (Å²) in [7, 11) is 0. The number of rotatable bonds is 8. The van der Waals surface area contributed by atoms with Gasteiger partial charge in [-0.05, 0) is 24.6 Å². The normalized spacial score (nSPS) is 20.3. The molecule has 8 nitrogen and oxygen atoms in total. The second-order valence-electron chi connectivity index (χ2n) is 7.71. The van der Waals surface area contributed by atoms with Crippen molar-refractivity contribution in [2.45, 2.75) is 26.0 Å². The van der Waals surface area contributed by atoms with E-state index in [4.69, 9.17) is 27.9 Å². The van der Waals surface area contributed by atoms with Crippen LogP contribution in [0.15, 0.2) is 18.2 Å². The number of nitrogens with one attached hydrogen (secondary N) is 1. The van der Waals surface area contributed by atoms with Gasteiger partial charge in [0, 0.05) is 58.8 Å². The Kier molecular flexibility index (Phi) is 8.54. The molecule has 1 atom stereocenters. The summed E-state index contributed by atoms with van der Waals surface area (Å²) in [6.45, 7) is 6.75. The minimum atomic E-state index is -0.533. The average molecular weight is 471 g/mol. The topological polar surface area (TPSA) is 82.2 Å². The third kappa shape index (κ3) is 6.55. The first-order chi connectivity index (χ1) is 14.9. The van der Waals surface area contributed by atoms with E-state index in [0.717, 1.165) is 18.7 Å². The van der Waals surface area contributed by atoms with Crippen LogP contribution in [0.5, 0.6) is 0 Å². The van der Waals surface area contributed by atoms with E-state index >= 15 is 0 Å². The van der Waals surface area contributed by atoms with Gasteiger partial charge in [-0.3, -0.25) is 19.3 Å². The zero-order valence-electron chi connectivity index (χ0n) is 17.6. The number of carbonyl (C=O) groups is 3. The molecule has 1 aromatic carbocycles. The lowest BCUT2D eigenvalue weighted by Gasteiger charge is -2.33. The maximum atomic E-state index is 12.2. The lowest BCUT2D eigenvalue weighted by molar-refractivity contribution is -0.156. The predicted molar refractivity (Wildman–Crippen MR) is 118 cm³/mol. The standard InChI is InChI=1S/C21H28Cl2N4O4/c1-2-26-7-8-27(21(30)20(26)29)6-5-19(28)24-12-16-14-25(9-10-31-16)13-15-3-4-17(22)18(23)11-15/h3-4,11,16H,2,5-10,12-14H2,1H3,(H,24,28)/t16-/m0/s1. The number of hydrogen-bond donors (Lipinski definition) is 1. The van der Waals surface area contributed by atoms with Crippen LogP contribution >= 0.6 is 23.2 Å². The number of ether oxygens (including phenoxy) is 1. The van der Waals surface area contributed by atoms with Gasteiger partial charge in [0.15, 0.2) is 0 Å². The Morgan fingerprint density at radius 1 is 1.13 bits per heavy atom. The third-order valence-corrected chi connectivity index (χ3v) is 6.27. The monoisotopic (exact) mass is 470 g/mol. The number of morpholine rings is 1. The number of piperazine rings is 1. The van der Waals surface area contributed by atoms with Crippen molar-refractivity contribution in [3.63, 3.8) is 0 Å². The molecular formula is C21H28Cl2N4O4. The fourth-order valence-electron chi connectivity index (χ4n) is 3.73. The van der Waals surface area contributed by atoms with Crippen LogP contribution in [0.1, 0.15) is 18.9 Å². The molecule has 170 valence electrons. The van der Waals surface area contributed by atoms with E-state index in [1.54, 1.807) is 6.07 Å². The van der Waals surface area contributed by atoms with Gasteiger partial charge < -0.3 is 19.9 Å². The first kappa shape index (κ1) is 23.8. The SMILES string of the molecule is CCN1CCN(CCC(=O)NC[C@H]2CN(Cc3ccc(Cl)c(Cl)c3)CCO2)C(=O)C1=O. The molecule has 1 N–H and O–H groups in total. The van der Waals surface area contributed by atoms with Gasteiger partial charge in [0.2, 0.25) is 5.91 Å². The van der Waals surface area contributed by atoms with E-state index in [2.05, 4.69) is 10.2 Å². The summed E-state index contributed by atoms with van der Waals surface area (Å²) < 4.78 is 5.77. The largest absolute Gasteiger partial charge is 0.374 e. The van der Waals surface area contributed by atoms with Crippen LogP contribution in [-0.4, -0.2) is 90.9 Å². The third-order valence-electron chi connectivity index (χ3n) is 5.53. The second kappa shape index (κ2) is 11.1. The second-order valence-corrected chi connectivity index (χ2v) is 8.52. The van der Waals surface area contributed by atoms with Gasteiger partial charge in [0.25, 0.3) is 0 Å². The van der Waals surface area contributed by atoms with Gasteiger partial charge in [-0.1, -0.05) is 29.3 Å². The van der Waals surface area contributed by atoms with E-state index < -0.39 is 11.8 Å². The summed E-state index contributed by atoms with van der Waals surface area (Å²) in [6.07, 6.45) is 0.0435. The lowest BCUT2D eigenvalue weighted by Crippen LogP contribution is -2.54. The summed E-state index contributed by atoms with van der Waals surface area (Å²) in [5.74, 6) is -1.19. The molecule has 2 fully saturated rings. The van der Waals surface area contributed by atoms with Gasteiger partial charge >= 0.3 is 11.8 Å². The summed E-state index contributed by atoms with van der Waals surface area (Å²) in [6, 6.07) is 5.60. The lowest BCUT2D eigenvalue weighted by atomic mass is 10.2. The van der Waals surface area contributed by atoms with Crippen LogP contribution in [0.3, 0.4) is 0 Å². The molecule has 0 aliphatic carbocycles. The molecule has 2 aliphatic heterocycles. The van der Waals surface area contributed by atoms with Gasteiger partial charge in [0.05, 0.1) is 22.8 Å². The molecule has 0 bridgehead atoms. The number of carbonyl (C=O) groups excluding carboxylic acids is 3. The molecule has 0 spiro atoms. The van der Waals surface area contributed by atoms with Gasteiger partial charge in [-0.25, -0.2) is 0 Å². The van der Waals surface area contributed by atoms with Crippen LogP contribution in [0.25, 0.3) is 0 Å². The van der Waals surface area contributed by atoms with Crippen LogP contribution in [0, 0.1) is 0 Å². The highest BCUT2D eigenvalue weighted by Gasteiger charge is 2.31. The van der Waals surface area contributed by atoms with Crippen molar-refractivity contribution in [1.82, 2.24) is 20.0 Å². The van der Waals surface area contributed by atoms with Gasteiger partial charge in [0.1, 0.15) is 0 Å². The van der Waals surface area contributed by atoms with E-state index in [0.29, 0.717) is 49.4 Å². The molecule has 3 amide bonds. The van der Waals surface area contributed by atoms with Crippen molar-refractivity contribution in [2.75, 3.05) is 52.4 Å². The highest BCUT2D eigenvalue weighted by atomic mass is 35.5. The first-order valence-corrected chi connectivity index (χ1v) is 11.3. The van der Waals surface area contributed by atoms with Gasteiger partial charge in [-0.15, -0.1) is 0 Å². The summed E-state index contributed by atoms with van der Waals surface area (Å²) in [5.41, 5.74) is 1.07. The first-order valence-electron chi connectivity index (χ1n) is 10.5. The Hall–Kier alpha value is -1.87. The number of halogens is 2. The Bertz CT molecular complexity index is 823. The Balaban J connectivity index is 1.39. The summed E-state index contributed by atoms with van der Waals surface area (Å²) in [5, 5.41) is 3.94. The van der Waals surface area contributed by atoms with E-state index in [1.165, 1.54) is 9.80 Å². The Labute approximate surface area is 192 Å². The molecule has 0 radical (unpaired) electrons. The Morgan fingerprint density at radius 2 is 1.87 bits per heavy atom. The zero-order valence-corrected chi connectivity index (χ0v) is 19.1. The highest BCUT2D eigenvalue weighted by molar-refractivity contribution is 6.42. The van der Waals surface area contributed by atoms with Crippen LogP contribution in [0.2, 0.25) is 10.0 Å². The maximum Gasteiger partial charge on any atom is 0.312 e. The molecule has 2 heterocycles. The van der Waals surface area contributed by atoms with E-state index in [-0.39, 0.29) is 25.0 Å². The molecule has 31 heavy (non-hydrogen) atoms. The molecular weight excluding hydrogens is 443 g/mol. The number of hydrogen-bond acceptors (Lipinski definition) is 5. The fourth-order valence-corrected chi connectivity index (χ4v) is 4.05. The van der Waals surface area contributed by atoms with Crippen molar-refractivity contribution in [2.24, 2.45) is 0 Å². The number of benzene rings is 1. The van der Waals surface area contributed by atoms with E-state index in [9.17, 15) is 14.4 Å². The van der Waals surface area contributed by atoms with Crippen molar-refractivity contribution in [3.05, 3.63) is 33.8 Å². The zero-order chi connectivity index (χ0) is 22.4. The van der Waals surface area contributed by atoms with Crippen molar-refractivity contribution in [3.8, 4) is 0 Å². The smallest absolute Gasteiger partial charge is 0.312 e. The number of amides is 3. The van der Waals surface area contributed by atoms with Crippen molar-refractivity contribution in [1.29, 1.82) is 0 Å². The van der Waals surface area contributed by atoms with Crippen molar-refractivity contribution < 1.29 is 19.1 Å². The minimum Gasteiger partial charge on any atom is -0.374 e. The number of nitrogens with zero attached hydrogens (tertiary/aromatic N) is 3. The van der Waals surface area contributed by atoms with Crippen LogP contribution < -0.4 is 5.32 Å². The van der Waals surface area contributed by atoms with Crippen molar-refractivity contribution >= 4 is 40.9 Å². The minimum absolute atomic E-state index is 0.114. The molecule has 2 aliphatic rings.